The first-order valence-corrected chi connectivity index (χ1v) is 4.04. The molecule has 0 heterocycles. The summed E-state index contributed by atoms with van der Waals surface area (Å²) in [6.07, 6.45) is 0.873. The summed E-state index contributed by atoms with van der Waals surface area (Å²) >= 11 is 0. The summed E-state index contributed by atoms with van der Waals surface area (Å²) in [5.74, 6) is 1.02. The van der Waals surface area contributed by atoms with Crippen LogP contribution in [0.25, 0.3) is 0 Å². The molecule has 2 nitrogen and oxygen atoms in total. The minimum atomic E-state index is 0.429. The molecule has 0 aliphatic rings. The standard InChI is InChI=1S/C9H17NO/c1-7(2)9(4)8(3)5-6-10-11/h8-9H,1,5-6H2,2-4H3/t8-,9?/m0/s1. The summed E-state index contributed by atoms with van der Waals surface area (Å²) in [4.78, 5) is 9.83. The lowest BCUT2D eigenvalue weighted by Crippen LogP contribution is -2.09. The highest BCUT2D eigenvalue weighted by Gasteiger charge is 2.11. The highest BCUT2D eigenvalue weighted by molar-refractivity contribution is 4.95. The molecule has 0 N–H and O–H groups in total. The zero-order valence-corrected chi connectivity index (χ0v) is 7.63. The maximum Gasteiger partial charge on any atom is 0.0813 e. The number of hydrogen-bond donors (Lipinski definition) is 0. The van der Waals surface area contributed by atoms with Crippen LogP contribution in [-0.4, -0.2) is 6.54 Å². The Morgan fingerprint density at radius 2 is 2.09 bits per heavy atom. The lowest BCUT2D eigenvalue weighted by Gasteiger charge is -2.18. The number of hydrogen-bond acceptors (Lipinski definition) is 2. The molecular formula is C9H17NO. The minimum Gasteiger partial charge on any atom is -0.151 e. The molecule has 0 bridgehead atoms. The van der Waals surface area contributed by atoms with Crippen LogP contribution in [0.3, 0.4) is 0 Å². The molecule has 11 heavy (non-hydrogen) atoms. The molecule has 2 heteroatoms. The van der Waals surface area contributed by atoms with Crippen molar-refractivity contribution in [3.05, 3.63) is 17.1 Å². The van der Waals surface area contributed by atoms with Crippen LogP contribution in [0.15, 0.2) is 17.3 Å². The molecule has 0 spiro atoms. The maximum absolute atomic E-state index is 9.83. The molecule has 0 fully saturated rings. The van der Waals surface area contributed by atoms with Crippen LogP contribution in [0.5, 0.6) is 0 Å². The van der Waals surface area contributed by atoms with Crippen LogP contribution in [-0.2, 0) is 0 Å². The van der Waals surface area contributed by atoms with Crippen molar-refractivity contribution < 1.29 is 0 Å². The van der Waals surface area contributed by atoms with Crippen molar-refractivity contribution in [2.75, 3.05) is 6.54 Å². The zero-order valence-electron chi connectivity index (χ0n) is 7.63. The molecule has 0 aromatic carbocycles. The van der Waals surface area contributed by atoms with E-state index in [9.17, 15) is 4.91 Å². The molecule has 0 saturated carbocycles. The van der Waals surface area contributed by atoms with Gasteiger partial charge in [-0.3, -0.25) is 0 Å². The Morgan fingerprint density at radius 3 is 2.45 bits per heavy atom. The minimum absolute atomic E-state index is 0.429. The van der Waals surface area contributed by atoms with Gasteiger partial charge in [-0.05, 0) is 25.2 Å². The van der Waals surface area contributed by atoms with E-state index in [0.717, 1.165) is 6.42 Å². The predicted molar refractivity (Wildman–Crippen MR) is 48.4 cm³/mol. The van der Waals surface area contributed by atoms with E-state index < -0.39 is 0 Å². The van der Waals surface area contributed by atoms with Gasteiger partial charge in [0, 0.05) is 0 Å². The molecular weight excluding hydrogens is 138 g/mol. The maximum atomic E-state index is 9.83. The van der Waals surface area contributed by atoms with Crippen molar-refractivity contribution in [2.45, 2.75) is 27.2 Å². The van der Waals surface area contributed by atoms with E-state index in [4.69, 9.17) is 0 Å². The van der Waals surface area contributed by atoms with Crippen LogP contribution in [0.1, 0.15) is 27.2 Å². The third kappa shape index (κ3) is 3.91. The van der Waals surface area contributed by atoms with Crippen molar-refractivity contribution in [1.82, 2.24) is 0 Å². The lowest BCUT2D eigenvalue weighted by molar-refractivity contribution is 0.417. The van der Waals surface area contributed by atoms with Gasteiger partial charge in [0.15, 0.2) is 0 Å². The van der Waals surface area contributed by atoms with Gasteiger partial charge in [0.2, 0.25) is 0 Å². The molecule has 0 radical (unpaired) electrons. The molecule has 2 atom stereocenters. The Labute approximate surface area is 68.7 Å². The first-order chi connectivity index (χ1) is 5.09. The Hall–Kier alpha value is -0.660. The Kier molecular flexibility index (Phi) is 4.75. The van der Waals surface area contributed by atoms with Gasteiger partial charge in [-0.25, -0.2) is 0 Å². The molecule has 0 amide bonds. The number of rotatable bonds is 5. The SMILES string of the molecule is C=C(C)C(C)[C@@H](C)CCN=O. The smallest absolute Gasteiger partial charge is 0.0813 e. The Balaban J connectivity index is 3.72. The van der Waals surface area contributed by atoms with E-state index in [1.165, 1.54) is 5.57 Å². The van der Waals surface area contributed by atoms with E-state index in [-0.39, 0.29) is 0 Å². The van der Waals surface area contributed by atoms with E-state index in [1.54, 1.807) is 0 Å². The normalized spacial score (nSPS) is 15.5. The van der Waals surface area contributed by atoms with E-state index >= 15 is 0 Å². The fraction of sp³-hybridized carbons (Fsp3) is 0.778. The van der Waals surface area contributed by atoms with Crippen molar-refractivity contribution >= 4 is 0 Å². The van der Waals surface area contributed by atoms with Crippen molar-refractivity contribution in [3.8, 4) is 0 Å². The molecule has 0 aliphatic carbocycles. The Bertz CT molecular complexity index is 142. The summed E-state index contributed by atoms with van der Waals surface area (Å²) in [6.45, 7) is 10.6. The lowest BCUT2D eigenvalue weighted by atomic mass is 9.88. The van der Waals surface area contributed by atoms with Crippen LogP contribution in [0, 0.1) is 16.7 Å². The zero-order chi connectivity index (χ0) is 8.85. The number of nitrogens with zero attached hydrogens (tertiary/aromatic N) is 1. The quantitative estimate of drug-likeness (QED) is 0.443. The second-order valence-electron chi connectivity index (χ2n) is 3.25. The van der Waals surface area contributed by atoms with Gasteiger partial charge in [0.25, 0.3) is 0 Å². The third-order valence-electron chi connectivity index (χ3n) is 2.31. The van der Waals surface area contributed by atoms with Crippen LogP contribution < -0.4 is 0 Å². The fourth-order valence-corrected chi connectivity index (χ4v) is 0.992. The highest BCUT2D eigenvalue weighted by Crippen LogP contribution is 2.20. The molecule has 0 aromatic rings. The Morgan fingerprint density at radius 1 is 1.55 bits per heavy atom. The second-order valence-corrected chi connectivity index (χ2v) is 3.25. The van der Waals surface area contributed by atoms with Gasteiger partial charge in [-0.15, -0.1) is 0 Å². The van der Waals surface area contributed by atoms with E-state index in [1.807, 2.05) is 6.92 Å². The molecule has 1 unspecified atom stereocenters. The second kappa shape index (κ2) is 5.05. The topological polar surface area (TPSA) is 29.4 Å². The van der Waals surface area contributed by atoms with Gasteiger partial charge in [0.1, 0.15) is 0 Å². The first-order valence-electron chi connectivity index (χ1n) is 4.04. The van der Waals surface area contributed by atoms with Crippen molar-refractivity contribution in [1.29, 1.82) is 0 Å². The molecule has 0 aromatic heterocycles. The molecule has 64 valence electrons. The summed E-state index contributed by atoms with van der Waals surface area (Å²) in [5, 5.41) is 2.84. The average molecular weight is 155 g/mol. The summed E-state index contributed by atoms with van der Waals surface area (Å²) in [7, 11) is 0. The average Bonchev–Trinajstić information content (AvgIpc) is 1.98. The van der Waals surface area contributed by atoms with Gasteiger partial charge >= 0.3 is 0 Å². The van der Waals surface area contributed by atoms with E-state index in [2.05, 4.69) is 25.6 Å². The van der Waals surface area contributed by atoms with Crippen LogP contribution >= 0.6 is 0 Å². The number of allylic oxidation sites excluding steroid dienone is 1. The van der Waals surface area contributed by atoms with Crippen molar-refractivity contribution in [2.24, 2.45) is 17.0 Å². The van der Waals surface area contributed by atoms with Gasteiger partial charge in [-0.2, -0.15) is 4.91 Å². The molecule has 0 aliphatic heterocycles. The van der Waals surface area contributed by atoms with Gasteiger partial charge in [0.05, 0.1) is 6.54 Å². The van der Waals surface area contributed by atoms with Gasteiger partial charge in [-0.1, -0.05) is 31.2 Å². The first kappa shape index (κ1) is 10.3. The summed E-state index contributed by atoms with van der Waals surface area (Å²) in [6, 6.07) is 0. The summed E-state index contributed by atoms with van der Waals surface area (Å²) in [5.41, 5.74) is 1.18. The monoisotopic (exact) mass is 155 g/mol. The van der Waals surface area contributed by atoms with Crippen LogP contribution in [0.4, 0.5) is 0 Å². The van der Waals surface area contributed by atoms with Crippen LogP contribution in [0.2, 0.25) is 0 Å². The van der Waals surface area contributed by atoms with Gasteiger partial charge < -0.3 is 0 Å². The summed E-state index contributed by atoms with van der Waals surface area (Å²) < 4.78 is 0. The fourth-order valence-electron chi connectivity index (χ4n) is 0.992. The van der Waals surface area contributed by atoms with Crippen molar-refractivity contribution in [3.63, 3.8) is 0 Å². The number of nitroso groups, excluding NO2 is 1. The molecule has 0 saturated heterocycles. The predicted octanol–water partition coefficient (Wildman–Crippen LogP) is 2.99. The highest BCUT2D eigenvalue weighted by atomic mass is 16.3. The third-order valence-corrected chi connectivity index (χ3v) is 2.31. The largest absolute Gasteiger partial charge is 0.151 e. The molecule has 0 rings (SSSR count). The van der Waals surface area contributed by atoms with E-state index in [0.29, 0.717) is 18.4 Å².